The predicted molar refractivity (Wildman–Crippen MR) is 79.1 cm³/mol. The zero-order valence-corrected chi connectivity index (χ0v) is 11.9. The van der Waals surface area contributed by atoms with Crippen LogP contribution in [-0.4, -0.2) is 42.1 Å². The molecule has 0 radical (unpaired) electrons. The first-order valence-corrected chi connectivity index (χ1v) is 7.11. The van der Waals surface area contributed by atoms with Crippen LogP contribution in [0.3, 0.4) is 0 Å². The molecular weight excluding hydrogens is 254 g/mol. The second-order valence-corrected chi connectivity index (χ2v) is 5.31. The van der Waals surface area contributed by atoms with Crippen molar-refractivity contribution in [2.24, 2.45) is 0 Å². The highest BCUT2D eigenvalue weighted by molar-refractivity contribution is 5.81. The monoisotopic (exact) mass is 277 g/mol. The number of hydrogen-bond donors (Lipinski definition) is 3. The van der Waals surface area contributed by atoms with E-state index in [-0.39, 0.29) is 11.9 Å². The molecule has 0 aliphatic carbocycles. The highest BCUT2D eigenvalue weighted by Gasteiger charge is 2.29. The number of aliphatic hydroxyl groups is 1. The van der Waals surface area contributed by atoms with E-state index in [1.807, 2.05) is 12.1 Å². The van der Waals surface area contributed by atoms with E-state index in [4.69, 9.17) is 5.73 Å². The van der Waals surface area contributed by atoms with Crippen LogP contribution in [0.25, 0.3) is 0 Å². The summed E-state index contributed by atoms with van der Waals surface area (Å²) >= 11 is 0. The van der Waals surface area contributed by atoms with Gasteiger partial charge in [0.2, 0.25) is 5.91 Å². The average Bonchev–Trinajstić information content (AvgIpc) is 2.47. The van der Waals surface area contributed by atoms with E-state index >= 15 is 0 Å². The number of likely N-dealkylation sites (N-methyl/N-ethyl adjacent to an activating group) is 1. The maximum absolute atomic E-state index is 11.9. The van der Waals surface area contributed by atoms with Crippen LogP contribution in [0.4, 0.5) is 5.69 Å². The van der Waals surface area contributed by atoms with Gasteiger partial charge in [0.15, 0.2) is 0 Å². The van der Waals surface area contributed by atoms with Crippen LogP contribution in [0.2, 0.25) is 0 Å². The van der Waals surface area contributed by atoms with Crippen LogP contribution < -0.4 is 11.1 Å². The second kappa shape index (κ2) is 6.72. The molecule has 5 nitrogen and oxygen atoms in total. The van der Waals surface area contributed by atoms with Gasteiger partial charge in [-0.15, -0.1) is 0 Å². The third-order valence-electron chi connectivity index (χ3n) is 3.87. The van der Waals surface area contributed by atoms with Crippen molar-refractivity contribution >= 4 is 11.6 Å². The van der Waals surface area contributed by atoms with E-state index in [1.54, 1.807) is 19.2 Å². The Morgan fingerprint density at radius 2 is 2.35 bits per heavy atom. The van der Waals surface area contributed by atoms with E-state index in [2.05, 4.69) is 10.2 Å². The topological polar surface area (TPSA) is 78.6 Å². The molecule has 110 valence electrons. The maximum Gasteiger partial charge on any atom is 0.237 e. The smallest absolute Gasteiger partial charge is 0.237 e. The maximum atomic E-state index is 11.9. The number of carbonyl (C=O) groups is 1. The summed E-state index contributed by atoms with van der Waals surface area (Å²) in [4.78, 5) is 14.0. The van der Waals surface area contributed by atoms with Crippen molar-refractivity contribution in [2.45, 2.75) is 31.4 Å². The van der Waals surface area contributed by atoms with Crippen LogP contribution in [-0.2, 0) is 4.79 Å². The summed E-state index contributed by atoms with van der Waals surface area (Å²) in [6.45, 7) is 1.30. The molecular formula is C15H23N3O2. The van der Waals surface area contributed by atoms with Crippen LogP contribution in [0, 0.1) is 0 Å². The number of aliphatic hydroxyl groups excluding tert-OH is 1. The van der Waals surface area contributed by atoms with Gasteiger partial charge < -0.3 is 16.2 Å². The molecule has 2 unspecified atom stereocenters. The van der Waals surface area contributed by atoms with Crippen molar-refractivity contribution in [3.8, 4) is 0 Å². The van der Waals surface area contributed by atoms with Gasteiger partial charge in [0.1, 0.15) is 0 Å². The van der Waals surface area contributed by atoms with Gasteiger partial charge >= 0.3 is 0 Å². The SMILES string of the molecule is CNC(=O)C1CCCCN1CC(O)c1cccc(N)c1. The average molecular weight is 277 g/mol. The van der Waals surface area contributed by atoms with Gasteiger partial charge in [-0.2, -0.15) is 0 Å². The number of likely N-dealkylation sites (tertiary alicyclic amines) is 1. The first-order valence-electron chi connectivity index (χ1n) is 7.11. The van der Waals surface area contributed by atoms with Gasteiger partial charge in [-0.1, -0.05) is 18.6 Å². The fourth-order valence-electron chi connectivity index (χ4n) is 2.77. The lowest BCUT2D eigenvalue weighted by atomic mass is 9.99. The number of nitrogen functional groups attached to an aromatic ring is 1. The van der Waals surface area contributed by atoms with Crippen molar-refractivity contribution in [3.63, 3.8) is 0 Å². The number of carbonyl (C=O) groups excluding carboxylic acids is 1. The van der Waals surface area contributed by atoms with Gasteiger partial charge in [0.05, 0.1) is 12.1 Å². The molecule has 0 saturated carbocycles. The Morgan fingerprint density at radius 3 is 3.05 bits per heavy atom. The molecule has 1 aromatic carbocycles. The number of nitrogens with zero attached hydrogens (tertiary/aromatic N) is 1. The Morgan fingerprint density at radius 1 is 1.55 bits per heavy atom. The lowest BCUT2D eigenvalue weighted by molar-refractivity contribution is -0.127. The van der Waals surface area contributed by atoms with Crippen LogP contribution in [0.1, 0.15) is 30.9 Å². The summed E-state index contributed by atoms with van der Waals surface area (Å²) in [7, 11) is 1.66. The standard InChI is InChI=1S/C15H23N3O2/c1-17-15(20)13-7-2-3-8-18(13)10-14(19)11-5-4-6-12(16)9-11/h4-6,9,13-14,19H,2-3,7-8,10,16H2,1H3,(H,17,20). The lowest BCUT2D eigenvalue weighted by Crippen LogP contribution is -2.49. The van der Waals surface area contributed by atoms with Crippen LogP contribution in [0.5, 0.6) is 0 Å². The summed E-state index contributed by atoms with van der Waals surface area (Å²) in [5, 5.41) is 13.0. The Labute approximate surface area is 119 Å². The molecule has 0 bridgehead atoms. The number of benzene rings is 1. The normalized spacial score (nSPS) is 21.4. The van der Waals surface area contributed by atoms with Crippen molar-refractivity contribution in [2.75, 3.05) is 25.9 Å². The number of rotatable bonds is 4. The number of hydrogen-bond acceptors (Lipinski definition) is 4. The quantitative estimate of drug-likeness (QED) is 0.715. The first-order chi connectivity index (χ1) is 9.61. The van der Waals surface area contributed by atoms with E-state index in [1.165, 1.54) is 0 Å². The summed E-state index contributed by atoms with van der Waals surface area (Å²) in [6, 6.07) is 7.14. The molecule has 20 heavy (non-hydrogen) atoms. The van der Waals surface area contributed by atoms with Crippen molar-refractivity contribution in [1.82, 2.24) is 10.2 Å². The molecule has 2 atom stereocenters. The molecule has 2 rings (SSSR count). The van der Waals surface area contributed by atoms with Gasteiger partial charge in [0.25, 0.3) is 0 Å². The zero-order valence-electron chi connectivity index (χ0n) is 11.9. The minimum atomic E-state index is -0.622. The molecule has 1 aliphatic heterocycles. The highest BCUT2D eigenvalue weighted by atomic mass is 16.3. The molecule has 1 aliphatic rings. The summed E-state index contributed by atoms with van der Waals surface area (Å²) in [5.74, 6) is 0.0319. The van der Waals surface area contributed by atoms with Gasteiger partial charge in [-0.3, -0.25) is 9.69 Å². The van der Waals surface area contributed by atoms with Crippen molar-refractivity contribution in [3.05, 3.63) is 29.8 Å². The Kier molecular flexibility index (Phi) is 4.98. The summed E-state index contributed by atoms with van der Waals surface area (Å²) in [6.07, 6.45) is 2.35. The molecule has 1 fully saturated rings. The summed E-state index contributed by atoms with van der Waals surface area (Å²) in [5.41, 5.74) is 7.18. The number of amides is 1. The number of nitrogens with two attached hydrogens (primary N) is 1. The molecule has 1 aromatic rings. The second-order valence-electron chi connectivity index (χ2n) is 5.31. The lowest BCUT2D eigenvalue weighted by Gasteiger charge is -2.35. The van der Waals surface area contributed by atoms with E-state index in [0.29, 0.717) is 12.2 Å². The Balaban J connectivity index is 2.04. The zero-order chi connectivity index (χ0) is 14.5. The fourth-order valence-corrected chi connectivity index (χ4v) is 2.77. The molecule has 0 spiro atoms. The molecule has 0 aromatic heterocycles. The van der Waals surface area contributed by atoms with Crippen molar-refractivity contribution in [1.29, 1.82) is 0 Å². The summed E-state index contributed by atoms with van der Waals surface area (Å²) < 4.78 is 0. The Bertz CT molecular complexity index is 464. The number of piperidine rings is 1. The molecule has 1 heterocycles. The molecule has 4 N–H and O–H groups in total. The predicted octanol–water partition coefficient (Wildman–Crippen LogP) is 0.903. The van der Waals surface area contributed by atoms with E-state index in [0.717, 1.165) is 31.4 Å². The third-order valence-corrected chi connectivity index (χ3v) is 3.87. The first kappa shape index (κ1) is 14.8. The minimum absolute atomic E-state index is 0.0319. The van der Waals surface area contributed by atoms with Crippen molar-refractivity contribution < 1.29 is 9.90 Å². The third kappa shape index (κ3) is 3.49. The number of anilines is 1. The molecule has 5 heteroatoms. The van der Waals surface area contributed by atoms with Crippen LogP contribution >= 0.6 is 0 Å². The largest absolute Gasteiger partial charge is 0.399 e. The Hall–Kier alpha value is -1.59. The molecule has 1 saturated heterocycles. The number of β-amino-alcohol motifs (C(OH)–C–C–N with tert-alkyl or cyclic N) is 1. The fraction of sp³-hybridized carbons (Fsp3) is 0.533. The van der Waals surface area contributed by atoms with Crippen LogP contribution in [0.15, 0.2) is 24.3 Å². The highest BCUT2D eigenvalue weighted by Crippen LogP contribution is 2.22. The molecule has 1 amide bonds. The van der Waals surface area contributed by atoms with E-state index < -0.39 is 6.10 Å². The minimum Gasteiger partial charge on any atom is -0.399 e. The number of nitrogens with one attached hydrogen (secondary N) is 1. The van der Waals surface area contributed by atoms with Gasteiger partial charge in [0, 0.05) is 19.3 Å². The van der Waals surface area contributed by atoms with E-state index in [9.17, 15) is 9.90 Å². The van der Waals surface area contributed by atoms with Gasteiger partial charge in [-0.05, 0) is 37.1 Å². The van der Waals surface area contributed by atoms with Gasteiger partial charge in [-0.25, -0.2) is 0 Å².